The second-order valence-electron chi connectivity index (χ2n) is 8.03. The van der Waals surface area contributed by atoms with E-state index in [0.717, 1.165) is 12.0 Å². The van der Waals surface area contributed by atoms with Gasteiger partial charge in [-0.2, -0.15) is 13.9 Å². The average Bonchev–Trinajstić information content (AvgIpc) is 3.53. The first-order valence-corrected chi connectivity index (χ1v) is 11.1. The second kappa shape index (κ2) is 9.74. The summed E-state index contributed by atoms with van der Waals surface area (Å²) in [6.07, 6.45) is 10.2. The van der Waals surface area contributed by atoms with E-state index >= 15 is 8.78 Å². The predicted molar refractivity (Wildman–Crippen MR) is 125 cm³/mol. The summed E-state index contributed by atoms with van der Waals surface area (Å²) < 4.78 is 44.8. The number of methoxy groups -OCH3 is 1. The van der Waals surface area contributed by atoms with E-state index in [4.69, 9.17) is 9.47 Å². The Morgan fingerprint density at radius 3 is 2.47 bits per heavy atom. The highest BCUT2D eigenvalue weighted by molar-refractivity contribution is 5.61. The van der Waals surface area contributed by atoms with E-state index in [1.807, 2.05) is 0 Å². The first-order chi connectivity index (χ1) is 17.5. The first-order valence-electron chi connectivity index (χ1n) is 11.1. The number of aromatic nitrogens is 8. The predicted octanol–water partition coefficient (Wildman–Crippen LogP) is 3.54. The van der Waals surface area contributed by atoms with Gasteiger partial charge < -0.3 is 9.47 Å². The van der Waals surface area contributed by atoms with Gasteiger partial charge in [-0.3, -0.25) is 9.08 Å². The van der Waals surface area contributed by atoms with E-state index in [1.165, 1.54) is 41.2 Å². The van der Waals surface area contributed by atoms with Crippen LogP contribution in [-0.2, 0) is 17.7 Å². The number of benzene rings is 1. The number of ether oxygens (including phenoxy) is 2. The highest BCUT2D eigenvalue weighted by atomic mass is 19.3. The van der Waals surface area contributed by atoms with E-state index in [9.17, 15) is 0 Å². The van der Waals surface area contributed by atoms with Crippen LogP contribution in [0.4, 0.5) is 8.78 Å². The molecule has 0 aliphatic carbocycles. The smallest absolute Gasteiger partial charge is 0.332 e. The molecule has 5 aromatic rings. The van der Waals surface area contributed by atoms with Gasteiger partial charge in [-0.25, -0.2) is 15.0 Å². The molecule has 0 N–H and O–H groups in total. The van der Waals surface area contributed by atoms with E-state index in [0.29, 0.717) is 35.9 Å². The van der Waals surface area contributed by atoms with Gasteiger partial charge in [0.1, 0.15) is 0 Å². The van der Waals surface area contributed by atoms with Gasteiger partial charge in [0.2, 0.25) is 5.82 Å². The lowest BCUT2D eigenvalue weighted by molar-refractivity contribution is 0.0317. The van der Waals surface area contributed by atoms with Crippen molar-refractivity contribution in [2.24, 2.45) is 7.05 Å². The fourth-order valence-electron chi connectivity index (χ4n) is 3.64. The Kier molecular flexibility index (Phi) is 6.34. The van der Waals surface area contributed by atoms with Crippen LogP contribution >= 0.6 is 0 Å². The minimum Gasteiger partial charge on any atom is -0.490 e. The van der Waals surface area contributed by atoms with Gasteiger partial charge in [-0.1, -0.05) is 18.2 Å². The molecule has 0 spiro atoms. The highest BCUT2D eigenvalue weighted by Gasteiger charge is 2.40. The molecule has 12 heteroatoms. The summed E-state index contributed by atoms with van der Waals surface area (Å²) in [5.41, 5.74) is 1.50. The fraction of sp³-hybridized carbons (Fsp3) is 0.250. The molecule has 5 rings (SSSR count). The van der Waals surface area contributed by atoms with Crippen molar-refractivity contribution in [3.63, 3.8) is 0 Å². The molecule has 0 atom stereocenters. The Bertz CT molecular complexity index is 1480. The first kappa shape index (κ1) is 23.4. The zero-order chi connectivity index (χ0) is 25.1. The number of fused-ring (bicyclic) bond motifs is 1. The summed E-state index contributed by atoms with van der Waals surface area (Å²) in [6, 6.07) is 5.86. The van der Waals surface area contributed by atoms with Gasteiger partial charge in [0, 0.05) is 68.0 Å². The van der Waals surface area contributed by atoms with Crippen LogP contribution in [0, 0.1) is 0 Å². The number of nitrogens with zero attached hydrogens (tertiary/aromatic N) is 8. The molecule has 10 nitrogen and oxygen atoms in total. The quantitative estimate of drug-likeness (QED) is 0.288. The molecule has 4 heterocycles. The third-order valence-corrected chi connectivity index (χ3v) is 5.46. The van der Waals surface area contributed by atoms with Crippen LogP contribution in [0.15, 0.2) is 61.4 Å². The molecule has 0 saturated carbocycles. The van der Waals surface area contributed by atoms with Crippen molar-refractivity contribution in [1.82, 2.24) is 39.3 Å². The fourth-order valence-corrected chi connectivity index (χ4v) is 3.64. The van der Waals surface area contributed by atoms with Gasteiger partial charge in [-0.15, -0.1) is 10.2 Å². The van der Waals surface area contributed by atoms with Gasteiger partial charge >= 0.3 is 5.92 Å². The molecule has 0 saturated heterocycles. The minimum atomic E-state index is -3.46. The molecule has 0 amide bonds. The monoisotopic (exact) mass is 492 g/mol. The van der Waals surface area contributed by atoms with E-state index in [1.54, 1.807) is 43.5 Å². The number of hydrogen-bond acceptors (Lipinski definition) is 8. The normalized spacial score (nSPS) is 11.8. The lowest BCUT2D eigenvalue weighted by atomic mass is 10.0. The summed E-state index contributed by atoms with van der Waals surface area (Å²) in [6.45, 7) is 1.05. The van der Waals surface area contributed by atoms with Crippen LogP contribution < -0.4 is 4.74 Å². The summed E-state index contributed by atoms with van der Waals surface area (Å²) in [5.74, 6) is -3.16. The zero-order valence-corrected chi connectivity index (χ0v) is 19.5. The van der Waals surface area contributed by atoms with Crippen molar-refractivity contribution in [2.45, 2.75) is 12.3 Å². The van der Waals surface area contributed by atoms with E-state index in [2.05, 4.69) is 30.2 Å². The van der Waals surface area contributed by atoms with Crippen LogP contribution in [0.2, 0.25) is 0 Å². The third kappa shape index (κ3) is 4.62. The average molecular weight is 492 g/mol. The zero-order valence-electron chi connectivity index (χ0n) is 19.5. The summed E-state index contributed by atoms with van der Waals surface area (Å²) >= 11 is 0. The summed E-state index contributed by atoms with van der Waals surface area (Å²) in [7, 11) is 3.39. The van der Waals surface area contributed by atoms with Crippen molar-refractivity contribution < 1.29 is 18.3 Å². The lowest BCUT2D eigenvalue weighted by Crippen LogP contribution is -2.19. The molecule has 0 bridgehead atoms. The SMILES string of the molecule is COCCCOc1cnc(-c2cccc(C(F)(F)c3nnc4ncc(-c5cnn(C)c5)cn34)c2)nc1. The Morgan fingerprint density at radius 2 is 1.72 bits per heavy atom. The lowest BCUT2D eigenvalue weighted by Gasteiger charge is -2.16. The Labute approximate surface area is 204 Å². The topological polar surface area (TPSA) is 105 Å². The van der Waals surface area contributed by atoms with Crippen LogP contribution in [0.3, 0.4) is 0 Å². The molecule has 1 aromatic carbocycles. The molecular weight excluding hydrogens is 470 g/mol. The number of rotatable bonds is 9. The van der Waals surface area contributed by atoms with Gasteiger partial charge in [0.15, 0.2) is 11.6 Å². The van der Waals surface area contributed by atoms with Crippen molar-refractivity contribution in [3.8, 4) is 28.3 Å². The second-order valence-corrected chi connectivity index (χ2v) is 8.03. The van der Waals surface area contributed by atoms with E-state index < -0.39 is 11.7 Å². The molecule has 0 radical (unpaired) electrons. The standard InChI is InChI=1S/C24H22F2N8O2/c1-33-14-18(11-30-33)17-10-29-23-32-31-22(34(23)15-17)24(25,26)19-6-3-5-16(9-19)21-27-12-20(13-28-21)36-8-4-7-35-2/h3,5-6,9-15H,4,7-8H2,1-2H3. The number of alkyl halides is 2. The molecule has 0 aliphatic rings. The van der Waals surface area contributed by atoms with Gasteiger partial charge in [0.25, 0.3) is 5.78 Å². The van der Waals surface area contributed by atoms with Crippen LogP contribution in [-0.4, -0.2) is 59.7 Å². The van der Waals surface area contributed by atoms with Crippen LogP contribution in [0.5, 0.6) is 5.75 Å². The molecule has 184 valence electrons. The largest absolute Gasteiger partial charge is 0.490 e. The Balaban J connectivity index is 1.43. The third-order valence-electron chi connectivity index (χ3n) is 5.46. The maximum absolute atomic E-state index is 15.7. The Morgan fingerprint density at radius 1 is 0.917 bits per heavy atom. The summed E-state index contributed by atoms with van der Waals surface area (Å²) in [4.78, 5) is 12.7. The maximum Gasteiger partial charge on any atom is 0.332 e. The summed E-state index contributed by atoms with van der Waals surface area (Å²) in [5, 5.41) is 11.7. The molecular formula is C24H22F2N8O2. The molecule has 0 fully saturated rings. The van der Waals surface area contributed by atoms with Crippen molar-refractivity contribution in [1.29, 1.82) is 0 Å². The van der Waals surface area contributed by atoms with Crippen molar-refractivity contribution in [2.75, 3.05) is 20.3 Å². The van der Waals surface area contributed by atoms with E-state index in [-0.39, 0.29) is 11.3 Å². The van der Waals surface area contributed by atoms with Gasteiger partial charge in [-0.05, 0) is 6.07 Å². The van der Waals surface area contributed by atoms with Crippen LogP contribution in [0.25, 0.3) is 28.3 Å². The number of aryl methyl sites for hydroxylation is 1. The highest BCUT2D eigenvalue weighted by Crippen LogP contribution is 2.36. The number of halogens is 2. The molecule has 36 heavy (non-hydrogen) atoms. The molecule has 0 unspecified atom stereocenters. The minimum absolute atomic E-state index is 0.0675. The number of hydrogen-bond donors (Lipinski definition) is 0. The maximum atomic E-state index is 15.7. The molecule has 0 aliphatic heterocycles. The Hall–Kier alpha value is -4.32. The van der Waals surface area contributed by atoms with Crippen LogP contribution in [0.1, 0.15) is 17.8 Å². The molecule has 4 aromatic heterocycles. The van der Waals surface area contributed by atoms with Crippen molar-refractivity contribution in [3.05, 3.63) is 72.8 Å². The van der Waals surface area contributed by atoms with Gasteiger partial charge in [0.05, 0.1) is 25.2 Å². The van der Waals surface area contributed by atoms with Crippen molar-refractivity contribution >= 4 is 5.78 Å².